The van der Waals surface area contributed by atoms with Gasteiger partial charge in [0.1, 0.15) is 30.5 Å². The molecule has 0 radical (unpaired) electrons. The Morgan fingerprint density at radius 1 is 1.14 bits per heavy atom. The Morgan fingerprint density at radius 2 is 1.90 bits per heavy atom. The molecule has 0 spiro atoms. The van der Waals surface area contributed by atoms with Gasteiger partial charge in [0.2, 0.25) is 0 Å². The van der Waals surface area contributed by atoms with Crippen LogP contribution in [0.15, 0.2) is 30.9 Å². The van der Waals surface area contributed by atoms with Crippen LogP contribution < -0.4 is 5.49 Å². The van der Waals surface area contributed by atoms with E-state index < -0.39 is 24.5 Å². The van der Waals surface area contributed by atoms with E-state index in [1.807, 2.05) is 0 Å². The Hall–Kier alpha value is -3.32. The number of nitrogens with zero attached hydrogens (tertiary/aromatic N) is 6. The lowest BCUT2D eigenvalue weighted by molar-refractivity contribution is -0.0620. The number of aliphatic hydroxyl groups excluding tert-OH is 2. The molecule has 4 atom stereocenters. The third-order valence-electron chi connectivity index (χ3n) is 9.04. The van der Waals surface area contributed by atoms with Crippen LogP contribution in [-0.2, 0) is 16.6 Å². The van der Waals surface area contributed by atoms with Crippen molar-refractivity contribution in [1.29, 1.82) is 5.41 Å². The van der Waals surface area contributed by atoms with Crippen molar-refractivity contribution in [3.05, 3.63) is 47.7 Å². The maximum Gasteiger partial charge on any atom is 0.192 e. The van der Waals surface area contributed by atoms with Gasteiger partial charge in [0.25, 0.3) is 0 Å². The van der Waals surface area contributed by atoms with E-state index in [1.165, 1.54) is 16.5 Å². The first-order valence-electron chi connectivity index (χ1n) is 14.8. The van der Waals surface area contributed by atoms with E-state index in [-0.39, 0.29) is 22.5 Å². The molecule has 0 amide bonds. The van der Waals surface area contributed by atoms with Crippen LogP contribution >= 0.6 is 0 Å². The molecule has 1 saturated carbocycles. The van der Waals surface area contributed by atoms with Gasteiger partial charge in [-0.25, -0.2) is 15.0 Å². The molecule has 0 unspecified atom stereocenters. The number of aryl methyl sites for hydroxylation is 1. The normalized spacial score (nSPS) is 26.6. The van der Waals surface area contributed by atoms with Crippen LogP contribution in [0.25, 0.3) is 22.2 Å². The van der Waals surface area contributed by atoms with E-state index in [0.29, 0.717) is 28.9 Å². The molecule has 4 aromatic rings. The van der Waals surface area contributed by atoms with Crippen molar-refractivity contribution in [2.24, 2.45) is 5.92 Å². The van der Waals surface area contributed by atoms with Gasteiger partial charge in [-0.3, -0.25) is 14.9 Å². The third kappa shape index (κ3) is 5.21. The van der Waals surface area contributed by atoms with Gasteiger partial charge in [-0.2, -0.15) is 4.73 Å². The average Bonchev–Trinajstić information content (AvgIpc) is 3.60. The molecule has 6 rings (SSSR count). The summed E-state index contributed by atoms with van der Waals surface area (Å²) in [7, 11) is 0. The van der Waals surface area contributed by atoms with E-state index in [2.05, 4.69) is 72.7 Å². The predicted molar refractivity (Wildman–Crippen MR) is 156 cm³/mol. The Labute approximate surface area is 244 Å². The summed E-state index contributed by atoms with van der Waals surface area (Å²) in [6.07, 6.45) is 2.89. The lowest BCUT2D eigenvalue weighted by atomic mass is 9.76. The standard InChI is InChI=1S/C30H42N8O4/c1-16(2)36(13-22-25(39)26(40)29(42-22)37-14-32-24-27(31)38(41)15-33-28(24)37)19-10-17(11-19)6-9-23-34-20-8-7-18(30(3,4)5)12-21(20)35-23/h7-8,12,14-17,19,22,25-26,29,31,39-41H,6,9-11,13H2,1-5H3,(H,34,35)/t17?,19?,22-,25-,26-,29-/m1/s1. The number of hydrogen-bond donors (Lipinski definition) is 5. The Morgan fingerprint density at radius 3 is 2.62 bits per heavy atom. The van der Waals surface area contributed by atoms with E-state index in [9.17, 15) is 15.4 Å². The van der Waals surface area contributed by atoms with E-state index in [4.69, 9.17) is 15.1 Å². The number of aromatic amines is 1. The topological polar surface area (TPSA) is 161 Å². The van der Waals surface area contributed by atoms with Crippen LogP contribution in [0.1, 0.15) is 71.5 Å². The van der Waals surface area contributed by atoms with Gasteiger partial charge in [0.15, 0.2) is 22.9 Å². The Kier molecular flexibility index (Phi) is 7.37. The minimum absolute atomic E-state index is 0.0999. The molecule has 226 valence electrons. The lowest BCUT2D eigenvalue weighted by Gasteiger charge is -2.46. The Balaban J connectivity index is 1.06. The van der Waals surface area contributed by atoms with Gasteiger partial charge in [0, 0.05) is 25.0 Å². The summed E-state index contributed by atoms with van der Waals surface area (Å²) in [5, 5.41) is 39.5. The maximum atomic E-state index is 10.9. The molecular weight excluding hydrogens is 536 g/mol. The molecule has 5 N–H and O–H groups in total. The highest BCUT2D eigenvalue weighted by molar-refractivity contribution is 5.76. The molecular formula is C30H42N8O4. The molecule has 1 aliphatic heterocycles. The fourth-order valence-electron chi connectivity index (χ4n) is 6.41. The Bertz CT molecular complexity index is 1630. The second-order valence-electron chi connectivity index (χ2n) is 13.3. The summed E-state index contributed by atoms with van der Waals surface area (Å²) in [6, 6.07) is 7.13. The van der Waals surface area contributed by atoms with Crippen LogP contribution in [0.3, 0.4) is 0 Å². The highest BCUT2D eigenvalue weighted by atomic mass is 16.6. The van der Waals surface area contributed by atoms with Crippen molar-refractivity contribution in [3.8, 4) is 0 Å². The minimum atomic E-state index is -1.18. The van der Waals surface area contributed by atoms with Crippen molar-refractivity contribution >= 4 is 22.2 Å². The molecule has 1 aromatic carbocycles. The number of H-pyrrole nitrogens is 1. The molecule has 42 heavy (non-hydrogen) atoms. The molecule has 3 aromatic heterocycles. The number of aromatic nitrogens is 6. The molecule has 12 nitrogen and oxygen atoms in total. The monoisotopic (exact) mass is 578 g/mol. The summed E-state index contributed by atoms with van der Waals surface area (Å²) < 4.78 is 8.29. The van der Waals surface area contributed by atoms with Crippen molar-refractivity contribution in [1.82, 2.24) is 34.1 Å². The van der Waals surface area contributed by atoms with Crippen LogP contribution in [-0.4, -0.2) is 86.5 Å². The van der Waals surface area contributed by atoms with Gasteiger partial charge < -0.3 is 25.1 Å². The van der Waals surface area contributed by atoms with Crippen molar-refractivity contribution in [2.75, 3.05) is 6.54 Å². The van der Waals surface area contributed by atoms with Gasteiger partial charge in [-0.05, 0) is 62.1 Å². The quantitative estimate of drug-likeness (QED) is 0.200. The minimum Gasteiger partial charge on any atom is -0.425 e. The smallest absolute Gasteiger partial charge is 0.192 e. The predicted octanol–water partition coefficient (Wildman–Crippen LogP) is 2.86. The summed E-state index contributed by atoms with van der Waals surface area (Å²) >= 11 is 0. The first-order chi connectivity index (χ1) is 19.9. The molecule has 12 heteroatoms. The van der Waals surface area contributed by atoms with Crippen molar-refractivity contribution in [2.45, 2.75) is 102 Å². The lowest BCUT2D eigenvalue weighted by Crippen LogP contribution is -2.52. The number of benzene rings is 1. The molecule has 2 aliphatic rings. The maximum absolute atomic E-state index is 10.9. The fraction of sp³-hybridized carbons (Fsp3) is 0.600. The SMILES string of the molecule is CC(C)N(C[C@H]1O[C@@H](n2cnc3c(=N)n(O)cnc32)[C@H](O)[C@@H]1O)C1CC(CCc2nc3ccc(C(C)(C)C)cc3[nH]2)C1. The van der Waals surface area contributed by atoms with Gasteiger partial charge in [0.05, 0.1) is 17.4 Å². The van der Waals surface area contributed by atoms with Crippen LogP contribution in [0.5, 0.6) is 0 Å². The largest absolute Gasteiger partial charge is 0.425 e. The number of imidazole rings is 2. The van der Waals surface area contributed by atoms with Gasteiger partial charge in [-0.1, -0.05) is 26.8 Å². The highest BCUT2D eigenvalue weighted by Gasteiger charge is 2.46. The second kappa shape index (κ2) is 10.7. The van der Waals surface area contributed by atoms with Crippen molar-refractivity contribution in [3.63, 3.8) is 0 Å². The molecule has 0 bridgehead atoms. The van der Waals surface area contributed by atoms with E-state index in [1.54, 1.807) is 0 Å². The summed E-state index contributed by atoms with van der Waals surface area (Å²) in [4.78, 5) is 19.0. The van der Waals surface area contributed by atoms with Crippen LogP contribution in [0.2, 0.25) is 0 Å². The fourth-order valence-corrected chi connectivity index (χ4v) is 6.41. The number of fused-ring (bicyclic) bond motifs is 2. The number of ether oxygens (including phenoxy) is 1. The zero-order valence-corrected chi connectivity index (χ0v) is 24.9. The average molecular weight is 579 g/mol. The van der Waals surface area contributed by atoms with Gasteiger partial charge >= 0.3 is 0 Å². The second-order valence-corrected chi connectivity index (χ2v) is 13.3. The third-order valence-corrected chi connectivity index (χ3v) is 9.04. The first kappa shape index (κ1) is 28.8. The summed E-state index contributed by atoms with van der Waals surface area (Å²) in [5.74, 6) is 1.65. The number of hydrogen-bond acceptors (Lipinski definition) is 9. The molecule has 1 saturated heterocycles. The number of aliphatic hydroxyl groups is 2. The zero-order chi connectivity index (χ0) is 29.9. The molecule has 2 fully saturated rings. The zero-order valence-electron chi connectivity index (χ0n) is 24.9. The highest BCUT2D eigenvalue weighted by Crippen LogP contribution is 2.38. The molecule has 1 aliphatic carbocycles. The van der Waals surface area contributed by atoms with Gasteiger partial charge in [-0.15, -0.1) is 0 Å². The number of nitrogens with one attached hydrogen (secondary N) is 2. The van der Waals surface area contributed by atoms with Crippen molar-refractivity contribution < 1.29 is 20.2 Å². The van der Waals surface area contributed by atoms with E-state index >= 15 is 0 Å². The first-order valence-corrected chi connectivity index (χ1v) is 14.8. The van der Waals surface area contributed by atoms with Crippen LogP contribution in [0, 0.1) is 11.3 Å². The van der Waals surface area contributed by atoms with Crippen LogP contribution in [0.4, 0.5) is 0 Å². The van der Waals surface area contributed by atoms with E-state index in [0.717, 1.165) is 48.9 Å². The summed E-state index contributed by atoms with van der Waals surface area (Å²) in [5.41, 5.74) is 3.77. The molecule has 4 heterocycles. The number of rotatable bonds is 8. The summed E-state index contributed by atoms with van der Waals surface area (Å²) in [6.45, 7) is 11.5.